The van der Waals surface area contributed by atoms with Gasteiger partial charge < -0.3 is 9.64 Å². The largest absolute Gasteiger partial charge is 0.497 e. The summed E-state index contributed by atoms with van der Waals surface area (Å²) < 4.78 is 29.2. The molecule has 0 aliphatic carbocycles. The fourth-order valence-electron chi connectivity index (χ4n) is 3.42. The zero-order valence-corrected chi connectivity index (χ0v) is 17.1. The summed E-state index contributed by atoms with van der Waals surface area (Å²) in [5.74, 6) is 0.980. The first-order valence-corrected chi connectivity index (χ1v) is 11.1. The van der Waals surface area contributed by atoms with Crippen LogP contribution in [0.3, 0.4) is 0 Å². The Hall–Kier alpha value is -2.38. The Bertz CT molecular complexity index is 898. The van der Waals surface area contributed by atoms with E-state index >= 15 is 0 Å². The number of methoxy groups -OCH3 is 1. The second kappa shape index (κ2) is 8.75. The summed E-state index contributed by atoms with van der Waals surface area (Å²) in [6.45, 7) is 0.677. The lowest BCUT2D eigenvalue weighted by molar-refractivity contribution is -0.120. The van der Waals surface area contributed by atoms with Gasteiger partial charge in [-0.15, -0.1) is 0 Å². The summed E-state index contributed by atoms with van der Waals surface area (Å²) >= 11 is 0. The van der Waals surface area contributed by atoms with E-state index in [1.165, 1.54) is 0 Å². The highest BCUT2D eigenvalue weighted by Gasteiger charge is 2.33. The molecule has 2 aromatic carbocycles. The van der Waals surface area contributed by atoms with Crippen molar-refractivity contribution >= 4 is 21.4 Å². The highest BCUT2D eigenvalue weighted by atomic mass is 32.2. The third kappa shape index (κ3) is 5.11. The number of ether oxygens (including phenoxy) is 1. The van der Waals surface area contributed by atoms with Gasteiger partial charge in [0, 0.05) is 25.3 Å². The molecule has 0 saturated carbocycles. The SMILES string of the molecule is COc1ccc(CN(CC(=O)N(C)c2ccccc2)C2CCS(=O)(=O)C2)cc1. The van der Waals surface area contributed by atoms with Crippen LogP contribution in [-0.2, 0) is 21.2 Å². The van der Waals surface area contributed by atoms with E-state index in [-0.39, 0.29) is 30.0 Å². The Morgan fingerprint density at radius 1 is 1.11 bits per heavy atom. The van der Waals surface area contributed by atoms with Gasteiger partial charge in [-0.2, -0.15) is 0 Å². The van der Waals surface area contributed by atoms with Crippen LogP contribution < -0.4 is 9.64 Å². The number of amides is 1. The van der Waals surface area contributed by atoms with Gasteiger partial charge in [0.15, 0.2) is 9.84 Å². The molecule has 1 atom stereocenters. The van der Waals surface area contributed by atoms with Crippen LogP contribution in [0.25, 0.3) is 0 Å². The van der Waals surface area contributed by atoms with Crippen LogP contribution in [0.1, 0.15) is 12.0 Å². The minimum atomic E-state index is -3.04. The second-order valence-electron chi connectivity index (χ2n) is 7.10. The monoisotopic (exact) mass is 402 g/mol. The minimum absolute atomic E-state index is 0.0657. The predicted octanol–water partition coefficient (Wildman–Crippen LogP) is 2.35. The average Bonchev–Trinajstić information content (AvgIpc) is 3.07. The molecule has 0 aromatic heterocycles. The Balaban J connectivity index is 1.76. The van der Waals surface area contributed by atoms with Gasteiger partial charge in [-0.05, 0) is 36.2 Å². The molecule has 3 rings (SSSR count). The molecule has 28 heavy (non-hydrogen) atoms. The van der Waals surface area contributed by atoms with E-state index in [0.29, 0.717) is 13.0 Å². The lowest BCUT2D eigenvalue weighted by Gasteiger charge is -2.29. The van der Waals surface area contributed by atoms with E-state index < -0.39 is 9.84 Å². The van der Waals surface area contributed by atoms with Crippen LogP contribution >= 0.6 is 0 Å². The second-order valence-corrected chi connectivity index (χ2v) is 9.33. The zero-order chi connectivity index (χ0) is 20.1. The number of sulfone groups is 1. The fourth-order valence-corrected chi connectivity index (χ4v) is 5.18. The summed E-state index contributed by atoms with van der Waals surface area (Å²) in [5.41, 5.74) is 1.83. The molecular weight excluding hydrogens is 376 g/mol. The minimum Gasteiger partial charge on any atom is -0.497 e. The van der Waals surface area contributed by atoms with E-state index in [0.717, 1.165) is 17.0 Å². The Morgan fingerprint density at radius 3 is 2.36 bits per heavy atom. The van der Waals surface area contributed by atoms with E-state index in [9.17, 15) is 13.2 Å². The standard InChI is InChI=1S/C21H26N2O4S/c1-22(18-6-4-3-5-7-18)21(24)15-23(19-12-13-28(25,26)16-19)14-17-8-10-20(27-2)11-9-17/h3-11,19H,12-16H2,1-2H3. The van der Waals surface area contributed by atoms with Gasteiger partial charge in [0.25, 0.3) is 0 Å². The first-order valence-electron chi connectivity index (χ1n) is 9.27. The summed E-state index contributed by atoms with van der Waals surface area (Å²) in [6, 6.07) is 16.9. The lowest BCUT2D eigenvalue weighted by atomic mass is 10.1. The number of anilines is 1. The molecule has 0 bridgehead atoms. The van der Waals surface area contributed by atoms with Gasteiger partial charge in [-0.25, -0.2) is 8.42 Å². The van der Waals surface area contributed by atoms with Crippen LogP contribution in [0, 0.1) is 0 Å². The molecule has 7 heteroatoms. The molecule has 1 aliphatic heterocycles. The molecule has 1 saturated heterocycles. The smallest absolute Gasteiger partial charge is 0.240 e. The molecule has 150 valence electrons. The molecule has 0 radical (unpaired) electrons. The predicted molar refractivity (Wildman–Crippen MR) is 110 cm³/mol. The maximum atomic E-state index is 12.9. The van der Waals surface area contributed by atoms with Crippen LogP contribution in [0.4, 0.5) is 5.69 Å². The van der Waals surface area contributed by atoms with Crippen molar-refractivity contribution in [2.75, 3.05) is 37.1 Å². The molecule has 1 aliphatic rings. The maximum absolute atomic E-state index is 12.9. The van der Waals surface area contributed by atoms with Crippen molar-refractivity contribution in [3.8, 4) is 5.75 Å². The topological polar surface area (TPSA) is 66.9 Å². The van der Waals surface area contributed by atoms with Crippen molar-refractivity contribution in [1.82, 2.24) is 4.90 Å². The summed E-state index contributed by atoms with van der Waals surface area (Å²) in [5, 5.41) is 0. The molecular formula is C21H26N2O4S. The molecule has 1 unspecified atom stereocenters. The third-order valence-corrected chi connectivity index (χ3v) is 6.88. The molecule has 0 spiro atoms. The number of nitrogens with zero attached hydrogens (tertiary/aromatic N) is 2. The van der Waals surface area contributed by atoms with Gasteiger partial charge in [0.05, 0.1) is 25.2 Å². The summed E-state index contributed by atoms with van der Waals surface area (Å²) in [7, 11) is 0.320. The molecule has 1 heterocycles. The van der Waals surface area contributed by atoms with Crippen molar-refractivity contribution < 1.29 is 17.9 Å². The van der Waals surface area contributed by atoms with E-state index in [2.05, 4.69) is 0 Å². The van der Waals surface area contributed by atoms with Crippen molar-refractivity contribution in [3.63, 3.8) is 0 Å². The first-order chi connectivity index (χ1) is 13.4. The Kier molecular flexibility index (Phi) is 6.36. The number of para-hydroxylation sites is 1. The molecule has 2 aromatic rings. The van der Waals surface area contributed by atoms with Gasteiger partial charge >= 0.3 is 0 Å². The lowest BCUT2D eigenvalue weighted by Crippen LogP contribution is -2.43. The van der Waals surface area contributed by atoms with Crippen molar-refractivity contribution in [2.24, 2.45) is 0 Å². The number of hydrogen-bond acceptors (Lipinski definition) is 5. The Labute approximate surface area is 166 Å². The van der Waals surface area contributed by atoms with Gasteiger partial charge in [0.1, 0.15) is 5.75 Å². The molecule has 6 nitrogen and oxygen atoms in total. The summed E-state index contributed by atoms with van der Waals surface area (Å²) in [4.78, 5) is 16.5. The van der Waals surface area contributed by atoms with Crippen LogP contribution in [0.2, 0.25) is 0 Å². The number of likely N-dealkylation sites (N-methyl/N-ethyl adjacent to an activating group) is 1. The van der Waals surface area contributed by atoms with E-state index in [1.54, 1.807) is 19.1 Å². The Morgan fingerprint density at radius 2 is 1.79 bits per heavy atom. The highest BCUT2D eigenvalue weighted by Crippen LogP contribution is 2.22. The molecule has 1 fully saturated rings. The number of rotatable bonds is 7. The van der Waals surface area contributed by atoms with Gasteiger partial charge in [-0.3, -0.25) is 9.69 Å². The van der Waals surface area contributed by atoms with E-state index in [1.807, 2.05) is 59.5 Å². The fraction of sp³-hybridized carbons (Fsp3) is 0.381. The number of benzene rings is 2. The van der Waals surface area contributed by atoms with Gasteiger partial charge in [0.2, 0.25) is 5.91 Å². The quantitative estimate of drug-likeness (QED) is 0.711. The van der Waals surface area contributed by atoms with Gasteiger partial charge in [-0.1, -0.05) is 30.3 Å². The highest BCUT2D eigenvalue weighted by molar-refractivity contribution is 7.91. The molecule has 1 amide bonds. The van der Waals surface area contributed by atoms with Crippen LogP contribution in [0.5, 0.6) is 5.75 Å². The first kappa shape index (κ1) is 20.4. The van der Waals surface area contributed by atoms with Crippen molar-refractivity contribution in [1.29, 1.82) is 0 Å². The maximum Gasteiger partial charge on any atom is 0.240 e. The van der Waals surface area contributed by atoms with Crippen molar-refractivity contribution in [2.45, 2.75) is 19.0 Å². The van der Waals surface area contributed by atoms with Crippen molar-refractivity contribution in [3.05, 3.63) is 60.2 Å². The van der Waals surface area contributed by atoms with E-state index in [4.69, 9.17) is 4.74 Å². The average molecular weight is 403 g/mol. The number of hydrogen-bond donors (Lipinski definition) is 0. The zero-order valence-electron chi connectivity index (χ0n) is 16.2. The molecule has 0 N–H and O–H groups in total. The number of carbonyl (C=O) groups is 1. The third-order valence-electron chi connectivity index (χ3n) is 5.13. The number of carbonyl (C=O) groups excluding carboxylic acids is 1. The van der Waals surface area contributed by atoms with Crippen LogP contribution in [0.15, 0.2) is 54.6 Å². The van der Waals surface area contributed by atoms with Crippen LogP contribution in [-0.4, -0.2) is 57.5 Å². The summed E-state index contributed by atoms with van der Waals surface area (Å²) in [6.07, 6.45) is 0.556. The normalized spacial score (nSPS) is 18.2.